The van der Waals surface area contributed by atoms with Crippen LogP contribution in [0.4, 0.5) is 0 Å². The van der Waals surface area contributed by atoms with Crippen LogP contribution in [0.3, 0.4) is 0 Å². The van der Waals surface area contributed by atoms with Gasteiger partial charge in [-0.15, -0.1) is 0 Å². The van der Waals surface area contributed by atoms with Gasteiger partial charge in [0, 0.05) is 16.7 Å². The number of rotatable bonds is 7. The van der Waals surface area contributed by atoms with Gasteiger partial charge in [-0.25, -0.2) is 9.48 Å². The molecule has 0 fully saturated rings. The first kappa shape index (κ1) is 20.7. The van der Waals surface area contributed by atoms with E-state index in [4.69, 9.17) is 5.73 Å². The average molecular weight is 425 g/mol. The van der Waals surface area contributed by atoms with Gasteiger partial charge >= 0.3 is 5.97 Å². The van der Waals surface area contributed by atoms with Crippen LogP contribution in [0.1, 0.15) is 36.8 Å². The summed E-state index contributed by atoms with van der Waals surface area (Å²) < 4.78 is 1.47. The van der Waals surface area contributed by atoms with Crippen LogP contribution in [0.5, 0.6) is 0 Å². The van der Waals surface area contributed by atoms with E-state index in [1.54, 1.807) is 72.8 Å². The molecule has 0 aliphatic rings. The second kappa shape index (κ2) is 8.69. The number of carboxylic acid groups (broad SMARTS) is 1. The lowest BCUT2D eigenvalue weighted by atomic mass is 9.99. The van der Waals surface area contributed by atoms with Gasteiger partial charge < -0.3 is 10.8 Å². The molecule has 0 spiro atoms. The van der Waals surface area contributed by atoms with Crippen molar-refractivity contribution < 1.29 is 19.5 Å². The number of carbonyl (C=O) groups is 3. The lowest BCUT2D eigenvalue weighted by Gasteiger charge is -2.08. The number of amides is 1. The fourth-order valence-corrected chi connectivity index (χ4v) is 3.52. The number of para-hydroxylation sites is 1. The van der Waals surface area contributed by atoms with Gasteiger partial charge in [0.25, 0.3) is 0 Å². The zero-order chi connectivity index (χ0) is 22.7. The zero-order valence-corrected chi connectivity index (χ0v) is 16.9. The highest BCUT2D eigenvalue weighted by Gasteiger charge is 2.27. The monoisotopic (exact) mass is 425 g/mol. The SMILES string of the molecule is NC(=O)c1cccc(-c2nn(-c3ccccc3)c(CC(=O)c3ccccc3)c2C(=O)O)c1. The molecule has 4 rings (SSSR count). The number of hydrogen-bond acceptors (Lipinski definition) is 4. The summed E-state index contributed by atoms with van der Waals surface area (Å²) in [6.45, 7) is 0. The Kier molecular flexibility index (Phi) is 5.63. The number of ketones is 1. The number of primary amides is 1. The molecule has 32 heavy (non-hydrogen) atoms. The fourth-order valence-electron chi connectivity index (χ4n) is 3.52. The quantitative estimate of drug-likeness (QED) is 0.438. The fraction of sp³-hybridized carbons (Fsp3) is 0.0400. The van der Waals surface area contributed by atoms with Crippen LogP contribution in [0.2, 0.25) is 0 Å². The van der Waals surface area contributed by atoms with E-state index in [2.05, 4.69) is 5.10 Å². The molecule has 0 saturated heterocycles. The number of nitrogens with zero attached hydrogens (tertiary/aromatic N) is 2. The van der Waals surface area contributed by atoms with E-state index in [0.717, 1.165) is 0 Å². The number of nitrogens with two attached hydrogens (primary N) is 1. The van der Waals surface area contributed by atoms with Gasteiger partial charge in [0.15, 0.2) is 5.78 Å². The number of aromatic nitrogens is 2. The minimum absolute atomic E-state index is 0.0974. The Hall–Kier alpha value is -4.52. The maximum absolute atomic E-state index is 13.0. The molecule has 0 radical (unpaired) electrons. The van der Waals surface area contributed by atoms with Crippen molar-refractivity contribution in [2.24, 2.45) is 5.73 Å². The molecule has 3 N–H and O–H groups in total. The second-order valence-corrected chi connectivity index (χ2v) is 7.13. The van der Waals surface area contributed by atoms with Gasteiger partial charge in [-0.3, -0.25) is 9.59 Å². The molecule has 0 atom stereocenters. The van der Waals surface area contributed by atoms with Crippen molar-refractivity contribution in [3.8, 4) is 16.9 Å². The molecular formula is C25H19N3O4. The van der Waals surface area contributed by atoms with Crippen molar-refractivity contribution in [1.29, 1.82) is 0 Å². The third-order valence-corrected chi connectivity index (χ3v) is 5.04. The van der Waals surface area contributed by atoms with Crippen LogP contribution >= 0.6 is 0 Å². The smallest absolute Gasteiger partial charge is 0.339 e. The number of aromatic carboxylic acids is 1. The molecule has 3 aromatic carbocycles. The second-order valence-electron chi connectivity index (χ2n) is 7.13. The third-order valence-electron chi connectivity index (χ3n) is 5.04. The highest BCUT2D eigenvalue weighted by atomic mass is 16.4. The first-order valence-corrected chi connectivity index (χ1v) is 9.85. The normalized spacial score (nSPS) is 10.6. The lowest BCUT2D eigenvalue weighted by molar-refractivity contribution is 0.0696. The van der Waals surface area contributed by atoms with E-state index < -0.39 is 11.9 Å². The topological polar surface area (TPSA) is 115 Å². The van der Waals surface area contributed by atoms with Gasteiger partial charge in [0.1, 0.15) is 11.3 Å². The number of hydrogen-bond donors (Lipinski definition) is 2. The van der Waals surface area contributed by atoms with Crippen LogP contribution in [-0.2, 0) is 6.42 Å². The van der Waals surface area contributed by atoms with Gasteiger partial charge in [0.05, 0.1) is 17.8 Å². The number of carboxylic acids is 1. The summed E-state index contributed by atoms with van der Waals surface area (Å²) >= 11 is 0. The van der Waals surface area contributed by atoms with E-state index in [1.807, 2.05) is 6.07 Å². The summed E-state index contributed by atoms with van der Waals surface area (Å²) in [7, 11) is 0. The minimum Gasteiger partial charge on any atom is -0.478 e. The summed E-state index contributed by atoms with van der Waals surface area (Å²) in [4.78, 5) is 36.9. The summed E-state index contributed by atoms with van der Waals surface area (Å²) in [6.07, 6.45) is -0.164. The molecule has 1 heterocycles. The molecular weight excluding hydrogens is 406 g/mol. The Morgan fingerprint density at radius 2 is 1.47 bits per heavy atom. The number of benzene rings is 3. The Balaban J connectivity index is 1.92. The summed E-state index contributed by atoms with van der Waals surface area (Å²) in [5.41, 5.74) is 7.43. The molecule has 0 unspecified atom stereocenters. The lowest BCUT2D eigenvalue weighted by Crippen LogP contribution is -2.13. The molecule has 4 aromatic rings. The van der Waals surface area contributed by atoms with E-state index in [9.17, 15) is 19.5 Å². The first-order valence-electron chi connectivity index (χ1n) is 9.85. The van der Waals surface area contributed by atoms with E-state index in [1.165, 1.54) is 10.7 Å². The average Bonchev–Trinajstić information content (AvgIpc) is 3.19. The number of Topliss-reactive ketones (excluding diaryl/α,β-unsaturated/α-hetero) is 1. The van der Waals surface area contributed by atoms with Gasteiger partial charge in [0.2, 0.25) is 5.91 Å². The Morgan fingerprint density at radius 1 is 0.844 bits per heavy atom. The third kappa shape index (κ3) is 4.04. The summed E-state index contributed by atoms with van der Waals surface area (Å²) in [5, 5.41) is 14.6. The Morgan fingerprint density at radius 3 is 2.09 bits per heavy atom. The maximum atomic E-state index is 13.0. The molecule has 0 aliphatic carbocycles. The van der Waals surface area contributed by atoms with Crippen molar-refractivity contribution in [2.75, 3.05) is 0 Å². The molecule has 158 valence electrons. The molecule has 7 nitrogen and oxygen atoms in total. The Labute approximate surface area is 183 Å². The molecule has 0 aliphatic heterocycles. The van der Waals surface area contributed by atoms with E-state index in [-0.39, 0.29) is 34.7 Å². The molecule has 0 bridgehead atoms. The van der Waals surface area contributed by atoms with Gasteiger partial charge in [-0.05, 0) is 24.3 Å². The largest absolute Gasteiger partial charge is 0.478 e. The van der Waals surface area contributed by atoms with Crippen molar-refractivity contribution >= 4 is 17.7 Å². The van der Waals surface area contributed by atoms with Crippen LogP contribution in [0.25, 0.3) is 16.9 Å². The van der Waals surface area contributed by atoms with Crippen molar-refractivity contribution in [1.82, 2.24) is 9.78 Å². The zero-order valence-electron chi connectivity index (χ0n) is 16.9. The van der Waals surface area contributed by atoms with Gasteiger partial charge in [-0.2, -0.15) is 5.10 Å². The molecule has 7 heteroatoms. The maximum Gasteiger partial charge on any atom is 0.339 e. The van der Waals surface area contributed by atoms with Crippen molar-refractivity contribution in [3.63, 3.8) is 0 Å². The Bertz CT molecular complexity index is 1310. The van der Waals surface area contributed by atoms with Crippen LogP contribution in [0.15, 0.2) is 84.9 Å². The first-order chi connectivity index (χ1) is 15.5. The van der Waals surface area contributed by atoms with Crippen LogP contribution in [-0.4, -0.2) is 32.5 Å². The van der Waals surface area contributed by atoms with E-state index >= 15 is 0 Å². The number of carbonyl (C=O) groups excluding carboxylic acids is 2. The molecule has 1 aromatic heterocycles. The van der Waals surface area contributed by atoms with Crippen molar-refractivity contribution in [2.45, 2.75) is 6.42 Å². The highest BCUT2D eigenvalue weighted by Crippen LogP contribution is 2.29. The van der Waals surface area contributed by atoms with E-state index in [0.29, 0.717) is 16.8 Å². The predicted octanol–water partition coefficient (Wildman–Crippen LogP) is 3.76. The van der Waals surface area contributed by atoms with Gasteiger partial charge in [-0.1, -0.05) is 60.7 Å². The summed E-state index contributed by atoms with van der Waals surface area (Å²) in [5.74, 6) is -2.09. The summed E-state index contributed by atoms with van der Waals surface area (Å²) in [6, 6.07) is 24.0. The molecule has 0 saturated carbocycles. The van der Waals surface area contributed by atoms with Crippen molar-refractivity contribution in [3.05, 3.63) is 107 Å². The predicted molar refractivity (Wildman–Crippen MR) is 119 cm³/mol. The van der Waals surface area contributed by atoms with Crippen LogP contribution in [0, 0.1) is 0 Å². The van der Waals surface area contributed by atoms with Crippen LogP contribution < -0.4 is 5.73 Å². The molecule has 1 amide bonds. The minimum atomic E-state index is -1.22. The standard InChI is InChI=1S/C25H19N3O4/c26-24(30)18-11-7-10-17(14-18)23-22(25(31)32)20(15-21(29)16-8-3-1-4-9-16)28(27-23)19-12-5-2-6-13-19/h1-14H,15H2,(H2,26,30)(H,31,32). The highest BCUT2D eigenvalue weighted by molar-refractivity contribution is 6.02.